The van der Waals surface area contributed by atoms with Crippen LogP contribution in [0.15, 0.2) is 101 Å². The third kappa shape index (κ3) is 6.42. The molecule has 1 aliphatic heterocycles. The fourth-order valence-corrected chi connectivity index (χ4v) is 4.74. The van der Waals surface area contributed by atoms with Crippen LogP contribution in [-0.4, -0.2) is 41.2 Å². The van der Waals surface area contributed by atoms with Gasteiger partial charge in [0.25, 0.3) is 17.7 Å². The molecule has 1 atom stereocenters. The van der Waals surface area contributed by atoms with Crippen molar-refractivity contribution in [2.24, 2.45) is 0 Å². The first-order chi connectivity index (χ1) is 21.4. The molecule has 1 N–H and O–H groups in total. The predicted molar refractivity (Wildman–Crippen MR) is 158 cm³/mol. The lowest BCUT2D eigenvalue weighted by molar-refractivity contribution is -0.139. The second-order valence-electron chi connectivity index (χ2n) is 9.72. The van der Waals surface area contributed by atoms with Crippen LogP contribution in [0, 0.1) is 11.3 Å². The molecule has 3 amide bonds. The Morgan fingerprint density at radius 1 is 0.955 bits per heavy atom. The van der Waals surface area contributed by atoms with Gasteiger partial charge in [-0.3, -0.25) is 19.3 Å². The van der Waals surface area contributed by atoms with E-state index in [0.29, 0.717) is 11.3 Å². The smallest absolute Gasteiger partial charge is 0.335 e. The Bertz CT molecular complexity index is 1740. The normalized spacial score (nSPS) is 13.2. The van der Waals surface area contributed by atoms with E-state index in [1.807, 2.05) is 12.1 Å². The molecule has 0 spiro atoms. The molecule has 4 aromatic rings. The minimum atomic E-state index is -1.26. The number of nitriles is 1. The maximum absolute atomic E-state index is 13.7. The summed E-state index contributed by atoms with van der Waals surface area (Å²) in [5, 5.41) is 12.2. The highest BCUT2D eigenvalue weighted by Crippen LogP contribution is 2.32. The van der Waals surface area contributed by atoms with Crippen molar-refractivity contribution in [2.75, 3.05) is 6.61 Å². The first-order valence-electron chi connectivity index (χ1n) is 13.8. The van der Waals surface area contributed by atoms with Gasteiger partial charge in [-0.05, 0) is 60.5 Å². The third-order valence-corrected chi connectivity index (χ3v) is 6.84. The summed E-state index contributed by atoms with van der Waals surface area (Å²) in [5.41, 5.74) is 1.45. The summed E-state index contributed by atoms with van der Waals surface area (Å²) in [6, 6.07) is 24.0. The number of hydrogen-bond acceptors (Lipinski definition) is 8. The summed E-state index contributed by atoms with van der Waals surface area (Å²) in [6.07, 6.45) is 2.90. The molecule has 0 saturated carbocycles. The number of ether oxygens (including phenoxy) is 2. The molecule has 0 bridgehead atoms. The Morgan fingerprint density at radius 2 is 1.66 bits per heavy atom. The summed E-state index contributed by atoms with van der Waals surface area (Å²) in [5.74, 6) is -1.84. The minimum Gasteiger partial charge on any atom is -0.490 e. The van der Waals surface area contributed by atoms with Crippen molar-refractivity contribution in [3.63, 3.8) is 0 Å². The predicted octanol–water partition coefficient (Wildman–Crippen LogP) is 4.71. The molecule has 44 heavy (non-hydrogen) atoms. The molecule has 0 fully saturated rings. The maximum Gasteiger partial charge on any atom is 0.335 e. The topological polar surface area (TPSA) is 139 Å². The fourth-order valence-electron chi connectivity index (χ4n) is 4.74. The summed E-state index contributed by atoms with van der Waals surface area (Å²) < 4.78 is 16.7. The summed E-state index contributed by atoms with van der Waals surface area (Å²) in [7, 11) is 0. The average molecular weight is 590 g/mol. The molecule has 1 aromatic heterocycles. The molecule has 10 nitrogen and oxygen atoms in total. The molecule has 5 rings (SSSR count). The number of hydrogen-bond donors (Lipinski definition) is 1. The molecule has 1 aliphatic rings. The van der Waals surface area contributed by atoms with Crippen molar-refractivity contribution in [1.29, 1.82) is 5.26 Å². The van der Waals surface area contributed by atoms with Crippen molar-refractivity contribution in [3.8, 4) is 17.6 Å². The number of carbonyl (C=O) groups is 4. The van der Waals surface area contributed by atoms with Crippen LogP contribution in [0.2, 0.25) is 0 Å². The van der Waals surface area contributed by atoms with Crippen LogP contribution in [0.4, 0.5) is 0 Å². The van der Waals surface area contributed by atoms with Crippen LogP contribution in [0.1, 0.15) is 44.5 Å². The molecule has 0 aliphatic carbocycles. The van der Waals surface area contributed by atoms with Crippen LogP contribution in [0.3, 0.4) is 0 Å². The molecular weight excluding hydrogens is 562 g/mol. The van der Waals surface area contributed by atoms with E-state index in [9.17, 15) is 24.4 Å². The largest absolute Gasteiger partial charge is 0.490 e. The highest BCUT2D eigenvalue weighted by atomic mass is 16.6. The van der Waals surface area contributed by atoms with Gasteiger partial charge in [0.2, 0.25) is 0 Å². The molecule has 0 radical (unpaired) electrons. The van der Waals surface area contributed by atoms with Crippen molar-refractivity contribution >= 4 is 29.8 Å². The van der Waals surface area contributed by atoms with Gasteiger partial charge in [0.15, 0.2) is 11.5 Å². The number of nitrogens with zero attached hydrogens (tertiary/aromatic N) is 2. The van der Waals surface area contributed by atoms with Crippen molar-refractivity contribution in [2.45, 2.75) is 25.9 Å². The van der Waals surface area contributed by atoms with Gasteiger partial charge in [0, 0.05) is 6.42 Å². The van der Waals surface area contributed by atoms with Crippen LogP contribution >= 0.6 is 0 Å². The number of benzene rings is 3. The van der Waals surface area contributed by atoms with Crippen molar-refractivity contribution < 1.29 is 33.1 Å². The zero-order valence-corrected chi connectivity index (χ0v) is 23.7. The summed E-state index contributed by atoms with van der Waals surface area (Å²) >= 11 is 0. The van der Waals surface area contributed by atoms with E-state index < -0.39 is 29.7 Å². The van der Waals surface area contributed by atoms with Gasteiger partial charge in [-0.1, -0.05) is 48.5 Å². The zero-order valence-electron chi connectivity index (χ0n) is 23.7. The van der Waals surface area contributed by atoms with E-state index in [1.54, 1.807) is 73.7 Å². The minimum absolute atomic E-state index is 0.0363. The van der Waals surface area contributed by atoms with E-state index in [2.05, 4.69) is 5.32 Å². The van der Waals surface area contributed by atoms with Crippen molar-refractivity contribution in [3.05, 3.63) is 125 Å². The number of furan rings is 1. The number of imide groups is 1. The standard InChI is InChI=1S/C34H27N3O7/c1-2-42-30-19-23(17-24(20-35)31(38)36-21-25-11-8-16-43-25)14-15-29(30)44-34(41)28(18-22-9-4-3-5-10-22)37-32(39)26-12-6-7-13-27(26)33(37)40/h3-17,19,28H,2,18,21H2,1H3,(H,36,38)/b24-17+. The lowest BCUT2D eigenvalue weighted by Crippen LogP contribution is -2.48. The Balaban J connectivity index is 1.40. The van der Waals surface area contributed by atoms with Crippen LogP contribution in [-0.2, 0) is 22.6 Å². The lowest BCUT2D eigenvalue weighted by atomic mass is 10.0. The second-order valence-corrected chi connectivity index (χ2v) is 9.72. The number of amides is 3. The summed E-state index contributed by atoms with van der Waals surface area (Å²) in [6.45, 7) is 2.08. The van der Waals surface area contributed by atoms with E-state index >= 15 is 0 Å². The van der Waals surface area contributed by atoms with Crippen LogP contribution < -0.4 is 14.8 Å². The molecule has 2 heterocycles. The molecular formula is C34H27N3O7. The Kier molecular flexibility index (Phi) is 8.96. The average Bonchev–Trinajstić information content (AvgIpc) is 3.65. The second kappa shape index (κ2) is 13.4. The molecule has 0 saturated heterocycles. The van der Waals surface area contributed by atoms with Crippen molar-refractivity contribution in [1.82, 2.24) is 10.2 Å². The Morgan fingerprint density at radius 3 is 2.30 bits per heavy atom. The van der Waals surface area contributed by atoms with Gasteiger partial charge in [0.05, 0.1) is 30.5 Å². The van der Waals surface area contributed by atoms with Gasteiger partial charge < -0.3 is 19.2 Å². The van der Waals surface area contributed by atoms with Gasteiger partial charge in [-0.15, -0.1) is 0 Å². The van der Waals surface area contributed by atoms with E-state index in [-0.39, 0.29) is 47.8 Å². The van der Waals surface area contributed by atoms with E-state index in [1.165, 1.54) is 24.5 Å². The highest BCUT2D eigenvalue weighted by Gasteiger charge is 2.43. The van der Waals surface area contributed by atoms with Crippen LogP contribution in [0.5, 0.6) is 11.5 Å². The first-order valence-corrected chi connectivity index (χ1v) is 13.8. The zero-order chi connectivity index (χ0) is 31.1. The van der Waals surface area contributed by atoms with Gasteiger partial charge in [0.1, 0.15) is 23.4 Å². The Labute approximate surface area is 253 Å². The quantitative estimate of drug-likeness (QED) is 0.0872. The number of nitrogens with one attached hydrogen (secondary N) is 1. The Hall–Kier alpha value is -5.95. The van der Waals surface area contributed by atoms with Crippen LogP contribution in [0.25, 0.3) is 6.08 Å². The number of fused-ring (bicyclic) bond motifs is 1. The maximum atomic E-state index is 13.7. The first kappa shape index (κ1) is 29.5. The SMILES string of the molecule is CCOc1cc(/C=C(\C#N)C(=O)NCc2ccco2)ccc1OC(=O)C(Cc1ccccc1)N1C(=O)c2ccccc2C1=O. The highest BCUT2D eigenvalue weighted by molar-refractivity contribution is 6.22. The number of carbonyl (C=O) groups excluding carboxylic acids is 4. The van der Waals surface area contributed by atoms with E-state index in [4.69, 9.17) is 13.9 Å². The molecule has 10 heteroatoms. The molecule has 3 aromatic carbocycles. The summed E-state index contributed by atoms with van der Waals surface area (Å²) in [4.78, 5) is 53.9. The monoisotopic (exact) mass is 589 g/mol. The fraction of sp³-hybridized carbons (Fsp3) is 0.147. The molecule has 220 valence electrons. The number of esters is 1. The van der Waals surface area contributed by atoms with E-state index in [0.717, 1.165) is 10.5 Å². The third-order valence-electron chi connectivity index (χ3n) is 6.84. The van der Waals surface area contributed by atoms with Gasteiger partial charge >= 0.3 is 5.97 Å². The number of rotatable bonds is 11. The van der Waals surface area contributed by atoms with Gasteiger partial charge in [-0.25, -0.2) is 4.79 Å². The van der Waals surface area contributed by atoms with Gasteiger partial charge in [-0.2, -0.15) is 5.26 Å². The molecule has 1 unspecified atom stereocenters. The lowest BCUT2D eigenvalue weighted by Gasteiger charge is -2.25.